The maximum Gasteiger partial charge on any atom is 0.292 e. The number of carbonyl (C=O) groups excluding carboxylic acids is 2. The molecule has 0 saturated heterocycles. The second-order valence-electron chi connectivity index (χ2n) is 6.47. The topological polar surface area (TPSA) is 70.0 Å². The molecule has 0 fully saturated rings. The smallest absolute Gasteiger partial charge is 0.292 e. The number of nitrogens with one attached hydrogen (secondary N) is 1. The number of hydrogen-bond donors (Lipinski definition) is 1. The highest BCUT2D eigenvalue weighted by Crippen LogP contribution is 2.30. The van der Waals surface area contributed by atoms with E-state index in [2.05, 4.69) is 26.3 Å². The van der Waals surface area contributed by atoms with Crippen molar-refractivity contribution in [3.8, 4) is 0 Å². The molecule has 0 unspecified atom stereocenters. The average Bonchev–Trinajstić information content (AvgIpc) is 3.04. The zero-order valence-corrected chi connectivity index (χ0v) is 16.5. The summed E-state index contributed by atoms with van der Waals surface area (Å²) in [5.41, 5.74) is 4.06. The van der Waals surface area contributed by atoms with Crippen LogP contribution in [0.15, 0.2) is 47.1 Å². The summed E-state index contributed by atoms with van der Waals surface area (Å²) < 4.78 is 2.59. The number of pyridine rings is 1. The molecule has 0 saturated carbocycles. The van der Waals surface area contributed by atoms with Crippen molar-refractivity contribution in [1.82, 2.24) is 14.6 Å². The molecule has 27 heavy (non-hydrogen) atoms. The van der Waals surface area contributed by atoms with Gasteiger partial charge in [-0.3, -0.25) is 14.6 Å². The lowest BCUT2D eigenvalue weighted by atomic mass is 10.1. The van der Waals surface area contributed by atoms with Crippen molar-refractivity contribution in [2.24, 2.45) is 0 Å². The summed E-state index contributed by atoms with van der Waals surface area (Å²) in [6.07, 6.45) is 2.53. The van der Waals surface area contributed by atoms with Gasteiger partial charge in [0.05, 0.1) is 11.2 Å². The van der Waals surface area contributed by atoms with Gasteiger partial charge >= 0.3 is 0 Å². The van der Waals surface area contributed by atoms with Gasteiger partial charge in [-0.1, -0.05) is 0 Å². The molecule has 1 aliphatic rings. The molecule has 1 aliphatic heterocycles. The largest absolute Gasteiger partial charge is 0.326 e. The summed E-state index contributed by atoms with van der Waals surface area (Å²) in [4.78, 5) is 24.3. The van der Waals surface area contributed by atoms with Crippen molar-refractivity contribution >= 4 is 44.6 Å². The van der Waals surface area contributed by atoms with Crippen LogP contribution < -0.4 is 10.3 Å². The SMILES string of the molecule is CC(=O)Nc1ccc2c(c1)CCN(C(=O)c1cc3ccc(Br)cn3n1)N2C. The van der Waals surface area contributed by atoms with Crippen LogP contribution in [0.4, 0.5) is 11.4 Å². The number of amides is 2. The van der Waals surface area contributed by atoms with Gasteiger partial charge in [-0.25, -0.2) is 9.52 Å². The number of aromatic nitrogens is 2. The van der Waals surface area contributed by atoms with E-state index in [1.54, 1.807) is 15.6 Å². The van der Waals surface area contributed by atoms with Gasteiger partial charge < -0.3 is 5.32 Å². The summed E-state index contributed by atoms with van der Waals surface area (Å²) in [6, 6.07) is 11.3. The molecule has 0 radical (unpaired) electrons. The Morgan fingerprint density at radius 2 is 2.00 bits per heavy atom. The minimum atomic E-state index is -0.145. The highest BCUT2D eigenvalue weighted by Gasteiger charge is 2.28. The summed E-state index contributed by atoms with van der Waals surface area (Å²) in [7, 11) is 1.86. The van der Waals surface area contributed by atoms with Gasteiger partial charge in [0.25, 0.3) is 5.91 Å². The first-order chi connectivity index (χ1) is 12.9. The Bertz CT molecular complexity index is 1060. The van der Waals surface area contributed by atoms with Crippen molar-refractivity contribution in [2.75, 3.05) is 23.9 Å². The van der Waals surface area contributed by atoms with Crippen LogP contribution in [0.5, 0.6) is 0 Å². The molecule has 0 atom stereocenters. The number of hydrazine groups is 1. The molecule has 3 aromatic rings. The zero-order valence-electron chi connectivity index (χ0n) is 14.9. The van der Waals surface area contributed by atoms with Gasteiger partial charge in [0.1, 0.15) is 0 Å². The molecule has 2 amide bonds. The Kier molecular flexibility index (Phi) is 4.35. The molecule has 0 spiro atoms. The Morgan fingerprint density at radius 3 is 2.78 bits per heavy atom. The number of hydrogen-bond acceptors (Lipinski definition) is 4. The van der Waals surface area contributed by atoms with E-state index in [1.165, 1.54) is 6.92 Å². The van der Waals surface area contributed by atoms with Crippen molar-refractivity contribution in [2.45, 2.75) is 13.3 Å². The maximum atomic E-state index is 13.0. The normalized spacial score (nSPS) is 13.6. The minimum Gasteiger partial charge on any atom is -0.326 e. The molecule has 138 valence electrons. The van der Waals surface area contributed by atoms with Crippen LogP contribution in [0.25, 0.3) is 5.52 Å². The van der Waals surface area contributed by atoms with Crippen LogP contribution in [-0.4, -0.2) is 40.0 Å². The standard InChI is InChI=1S/C19H18BrN5O2/c1-12(26)21-15-4-6-18-13(9-15)7-8-25(23(18)2)19(27)17-10-16-5-3-14(20)11-24(16)22-17/h3-6,9-11H,7-8H2,1-2H3,(H,21,26). The van der Waals surface area contributed by atoms with E-state index in [9.17, 15) is 9.59 Å². The van der Waals surface area contributed by atoms with Gasteiger partial charge in [-0.15, -0.1) is 0 Å². The third kappa shape index (κ3) is 3.28. The predicted octanol–water partition coefficient (Wildman–Crippen LogP) is 3.10. The second kappa shape index (κ2) is 6.70. The average molecular weight is 428 g/mol. The van der Waals surface area contributed by atoms with E-state index in [4.69, 9.17) is 0 Å². The lowest BCUT2D eigenvalue weighted by Crippen LogP contribution is -2.48. The van der Waals surface area contributed by atoms with E-state index >= 15 is 0 Å². The maximum absolute atomic E-state index is 13.0. The van der Waals surface area contributed by atoms with Crippen LogP contribution in [0, 0.1) is 0 Å². The molecular weight excluding hydrogens is 410 g/mol. The quantitative estimate of drug-likeness (QED) is 0.681. The van der Waals surface area contributed by atoms with Gasteiger partial charge in [0.15, 0.2) is 5.69 Å². The zero-order chi connectivity index (χ0) is 19.1. The molecule has 3 heterocycles. The lowest BCUT2D eigenvalue weighted by Gasteiger charge is -2.38. The lowest BCUT2D eigenvalue weighted by molar-refractivity contribution is -0.114. The van der Waals surface area contributed by atoms with Crippen LogP contribution in [0.2, 0.25) is 0 Å². The Labute approximate surface area is 164 Å². The fraction of sp³-hybridized carbons (Fsp3) is 0.211. The number of carbonyl (C=O) groups is 2. The third-order valence-electron chi connectivity index (χ3n) is 4.58. The minimum absolute atomic E-state index is 0.102. The Morgan fingerprint density at radius 1 is 1.19 bits per heavy atom. The molecule has 8 heteroatoms. The number of benzene rings is 1. The second-order valence-corrected chi connectivity index (χ2v) is 7.39. The monoisotopic (exact) mass is 427 g/mol. The third-order valence-corrected chi connectivity index (χ3v) is 5.05. The summed E-state index contributed by atoms with van der Waals surface area (Å²) in [5.74, 6) is -0.247. The van der Waals surface area contributed by atoms with Crippen molar-refractivity contribution in [1.29, 1.82) is 0 Å². The molecule has 1 N–H and O–H groups in total. The van der Waals surface area contributed by atoms with Gasteiger partial charge in [0, 0.05) is 36.9 Å². The van der Waals surface area contributed by atoms with E-state index in [1.807, 2.05) is 48.6 Å². The fourth-order valence-electron chi connectivity index (χ4n) is 3.32. The van der Waals surface area contributed by atoms with E-state index < -0.39 is 0 Å². The van der Waals surface area contributed by atoms with Crippen LogP contribution in [0.3, 0.4) is 0 Å². The molecule has 4 rings (SSSR count). The van der Waals surface area contributed by atoms with Crippen LogP contribution >= 0.6 is 15.9 Å². The Hall–Kier alpha value is -2.87. The van der Waals surface area contributed by atoms with Gasteiger partial charge in [0.2, 0.25) is 5.91 Å². The first kappa shape index (κ1) is 17.5. The van der Waals surface area contributed by atoms with Crippen LogP contribution in [-0.2, 0) is 11.2 Å². The molecule has 7 nitrogen and oxygen atoms in total. The number of halogens is 1. The highest BCUT2D eigenvalue weighted by atomic mass is 79.9. The highest BCUT2D eigenvalue weighted by molar-refractivity contribution is 9.10. The van der Waals surface area contributed by atoms with E-state index in [0.29, 0.717) is 18.7 Å². The van der Waals surface area contributed by atoms with E-state index in [0.717, 1.165) is 26.9 Å². The number of anilines is 2. The van der Waals surface area contributed by atoms with Gasteiger partial charge in [-0.05, 0) is 64.3 Å². The molecule has 2 aromatic heterocycles. The van der Waals surface area contributed by atoms with Gasteiger partial charge in [-0.2, -0.15) is 5.10 Å². The first-order valence-electron chi connectivity index (χ1n) is 8.53. The molecular formula is C19H18BrN5O2. The summed E-state index contributed by atoms with van der Waals surface area (Å²) in [5, 5.41) is 10.7. The predicted molar refractivity (Wildman–Crippen MR) is 107 cm³/mol. The molecule has 0 aliphatic carbocycles. The molecule has 1 aromatic carbocycles. The summed E-state index contributed by atoms with van der Waals surface area (Å²) in [6.45, 7) is 2.03. The van der Waals surface area contributed by atoms with E-state index in [-0.39, 0.29) is 11.8 Å². The number of nitrogens with zero attached hydrogens (tertiary/aromatic N) is 4. The first-order valence-corrected chi connectivity index (χ1v) is 9.32. The number of rotatable bonds is 2. The number of fused-ring (bicyclic) bond motifs is 2. The van der Waals surface area contributed by atoms with Crippen molar-refractivity contribution in [3.63, 3.8) is 0 Å². The van der Waals surface area contributed by atoms with Crippen molar-refractivity contribution < 1.29 is 9.59 Å². The molecule has 0 bridgehead atoms. The van der Waals surface area contributed by atoms with Crippen LogP contribution in [0.1, 0.15) is 23.0 Å². The van der Waals surface area contributed by atoms with Crippen molar-refractivity contribution in [3.05, 3.63) is 58.3 Å². The Balaban J connectivity index is 1.61. The summed E-state index contributed by atoms with van der Waals surface area (Å²) >= 11 is 3.41. The fourth-order valence-corrected chi connectivity index (χ4v) is 3.65.